The molecule has 1 heterocycles. The second kappa shape index (κ2) is 5.38. The molecule has 3 rings (SSSR count). The van der Waals surface area contributed by atoms with E-state index in [9.17, 15) is 12.8 Å². The Morgan fingerprint density at radius 3 is 2.50 bits per heavy atom. The predicted octanol–water partition coefficient (Wildman–Crippen LogP) is 3.15. The second-order valence-corrected chi connectivity index (χ2v) is 6.71. The smallest absolute Gasteiger partial charge is 0.228 e. The van der Waals surface area contributed by atoms with Crippen LogP contribution < -0.4 is 0 Å². The van der Waals surface area contributed by atoms with Crippen molar-refractivity contribution in [3.8, 4) is 0 Å². The molecule has 3 aromatic rings. The van der Waals surface area contributed by atoms with Gasteiger partial charge in [0.15, 0.2) is 0 Å². The molecule has 112 valence electrons. The molecule has 0 N–H and O–H groups in total. The molecule has 22 heavy (non-hydrogen) atoms. The Morgan fingerprint density at radius 2 is 1.82 bits per heavy atom. The van der Waals surface area contributed by atoms with Crippen molar-refractivity contribution in [2.24, 2.45) is 0 Å². The lowest BCUT2D eigenvalue weighted by atomic mass is 10.2. The van der Waals surface area contributed by atoms with Crippen molar-refractivity contribution in [2.75, 3.05) is 6.26 Å². The fourth-order valence-electron chi connectivity index (χ4n) is 2.24. The van der Waals surface area contributed by atoms with Gasteiger partial charge >= 0.3 is 0 Å². The normalized spacial score (nSPS) is 12.3. The van der Waals surface area contributed by atoms with E-state index in [1.54, 1.807) is 12.2 Å². The highest BCUT2D eigenvalue weighted by atomic mass is 32.2. The van der Waals surface area contributed by atoms with Gasteiger partial charge in [-0.15, -0.1) is 0 Å². The van der Waals surface area contributed by atoms with Crippen LogP contribution in [0.3, 0.4) is 0 Å². The Kier molecular flexibility index (Phi) is 3.54. The van der Waals surface area contributed by atoms with E-state index in [2.05, 4.69) is 4.98 Å². The van der Waals surface area contributed by atoms with E-state index in [0.29, 0.717) is 11.0 Å². The first-order valence-electron chi connectivity index (χ1n) is 6.57. The number of benzene rings is 2. The minimum absolute atomic E-state index is 0.243. The number of fused-ring (bicyclic) bond motifs is 1. The third kappa shape index (κ3) is 2.78. The monoisotopic (exact) mass is 316 g/mol. The Balaban J connectivity index is 2.18. The molecule has 0 saturated heterocycles. The molecule has 0 radical (unpaired) electrons. The van der Waals surface area contributed by atoms with Crippen molar-refractivity contribution in [1.29, 1.82) is 0 Å². The number of halogens is 1. The Morgan fingerprint density at radius 1 is 1.09 bits per heavy atom. The van der Waals surface area contributed by atoms with Crippen LogP contribution >= 0.6 is 0 Å². The summed E-state index contributed by atoms with van der Waals surface area (Å²) < 4.78 is 38.5. The number of hydrogen-bond acceptors (Lipinski definition) is 3. The van der Waals surface area contributed by atoms with Crippen molar-refractivity contribution in [3.05, 3.63) is 65.7 Å². The van der Waals surface area contributed by atoms with E-state index >= 15 is 0 Å². The van der Waals surface area contributed by atoms with Crippen LogP contribution in [-0.4, -0.2) is 23.6 Å². The molecule has 0 unspecified atom stereocenters. The van der Waals surface area contributed by atoms with Gasteiger partial charge in [-0.25, -0.2) is 21.8 Å². The zero-order valence-electron chi connectivity index (χ0n) is 11.8. The van der Waals surface area contributed by atoms with Crippen LogP contribution in [0.25, 0.3) is 23.2 Å². The van der Waals surface area contributed by atoms with Crippen molar-refractivity contribution >= 4 is 33.2 Å². The average molecular weight is 316 g/mol. The highest BCUT2D eigenvalue weighted by Gasteiger charge is 2.16. The van der Waals surface area contributed by atoms with Crippen LogP contribution in [0, 0.1) is 5.82 Å². The van der Waals surface area contributed by atoms with Crippen LogP contribution in [0.2, 0.25) is 0 Å². The van der Waals surface area contributed by atoms with Gasteiger partial charge in [0, 0.05) is 6.07 Å². The molecule has 0 atom stereocenters. The summed E-state index contributed by atoms with van der Waals surface area (Å²) in [6, 6.07) is 13.3. The average Bonchev–Trinajstić information content (AvgIpc) is 2.83. The molecule has 0 aliphatic carbocycles. The SMILES string of the molecule is CS(=O)(=O)n1c(/C=C/c2ccccc2)nc2cc(F)ccc21. The summed E-state index contributed by atoms with van der Waals surface area (Å²) in [5, 5.41) is 0. The number of aromatic nitrogens is 2. The van der Waals surface area contributed by atoms with Crippen LogP contribution in [0.1, 0.15) is 11.4 Å². The van der Waals surface area contributed by atoms with Gasteiger partial charge < -0.3 is 0 Å². The number of nitrogens with zero attached hydrogens (tertiary/aromatic N) is 2. The summed E-state index contributed by atoms with van der Waals surface area (Å²) in [4.78, 5) is 4.21. The Labute approximate surface area is 127 Å². The molecular formula is C16H13FN2O2S. The van der Waals surface area contributed by atoms with Gasteiger partial charge in [0.2, 0.25) is 10.0 Å². The predicted molar refractivity (Wildman–Crippen MR) is 85.3 cm³/mol. The zero-order chi connectivity index (χ0) is 15.7. The van der Waals surface area contributed by atoms with Gasteiger partial charge in [0.1, 0.15) is 11.6 Å². The highest BCUT2D eigenvalue weighted by molar-refractivity contribution is 7.89. The van der Waals surface area contributed by atoms with E-state index in [0.717, 1.165) is 15.8 Å². The molecule has 6 heteroatoms. The van der Waals surface area contributed by atoms with Crippen molar-refractivity contribution in [3.63, 3.8) is 0 Å². The summed E-state index contributed by atoms with van der Waals surface area (Å²) >= 11 is 0. The number of hydrogen-bond donors (Lipinski definition) is 0. The van der Waals surface area contributed by atoms with Gasteiger partial charge in [0.25, 0.3) is 0 Å². The van der Waals surface area contributed by atoms with E-state index < -0.39 is 15.8 Å². The van der Waals surface area contributed by atoms with Crippen LogP contribution in [-0.2, 0) is 10.0 Å². The Bertz CT molecular complexity index is 960. The number of imidazole rings is 1. The first-order valence-corrected chi connectivity index (χ1v) is 8.42. The molecule has 1 aromatic heterocycles. The van der Waals surface area contributed by atoms with Gasteiger partial charge in [-0.3, -0.25) is 0 Å². The molecule has 4 nitrogen and oxygen atoms in total. The van der Waals surface area contributed by atoms with E-state index in [4.69, 9.17) is 0 Å². The van der Waals surface area contributed by atoms with E-state index in [1.807, 2.05) is 30.3 Å². The minimum atomic E-state index is -3.55. The van der Waals surface area contributed by atoms with Crippen LogP contribution in [0.15, 0.2) is 48.5 Å². The first-order chi connectivity index (χ1) is 10.4. The highest BCUT2D eigenvalue weighted by Crippen LogP contribution is 2.21. The van der Waals surface area contributed by atoms with E-state index in [1.165, 1.54) is 18.2 Å². The molecule has 2 aromatic carbocycles. The van der Waals surface area contributed by atoms with Crippen LogP contribution in [0.4, 0.5) is 4.39 Å². The molecular weight excluding hydrogens is 303 g/mol. The van der Waals surface area contributed by atoms with Gasteiger partial charge in [-0.1, -0.05) is 36.4 Å². The van der Waals surface area contributed by atoms with Crippen molar-refractivity contribution < 1.29 is 12.8 Å². The quantitative estimate of drug-likeness (QED) is 0.746. The summed E-state index contributed by atoms with van der Waals surface area (Å²) in [6.07, 6.45) is 4.46. The zero-order valence-corrected chi connectivity index (χ0v) is 12.6. The molecule has 0 amide bonds. The largest absolute Gasteiger partial charge is 0.237 e. The Hall–Kier alpha value is -2.47. The molecule has 0 spiro atoms. The minimum Gasteiger partial charge on any atom is -0.228 e. The molecule has 0 saturated carbocycles. The second-order valence-electron chi connectivity index (χ2n) is 4.87. The molecule has 0 bridgehead atoms. The van der Waals surface area contributed by atoms with Gasteiger partial charge in [-0.2, -0.15) is 0 Å². The van der Waals surface area contributed by atoms with Crippen molar-refractivity contribution in [1.82, 2.24) is 8.96 Å². The van der Waals surface area contributed by atoms with Gasteiger partial charge in [0.05, 0.1) is 17.3 Å². The molecule has 0 aliphatic rings. The fourth-order valence-corrected chi connectivity index (χ4v) is 3.19. The fraction of sp³-hybridized carbons (Fsp3) is 0.0625. The summed E-state index contributed by atoms with van der Waals surface area (Å²) in [6.45, 7) is 0. The summed E-state index contributed by atoms with van der Waals surface area (Å²) in [5.41, 5.74) is 1.58. The lowest BCUT2D eigenvalue weighted by Crippen LogP contribution is -2.11. The number of rotatable bonds is 3. The standard InChI is InChI=1S/C16H13FN2O2S/c1-22(20,21)19-15-9-8-13(17)11-14(15)18-16(19)10-7-12-5-3-2-4-6-12/h2-11H,1H3/b10-7+. The summed E-state index contributed by atoms with van der Waals surface area (Å²) in [5.74, 6) is -0.212. The molecule has 0 aliphatic heterocycles. The van der Waals surface area contributed by atoms with Crippen molar-refractivity contribution in [2.45, 2.75) is 0 Å². The molecule has 0 fully saturated rings. The van der Waals surface area contributed by atoms with Crippen LogP contribution in [0.5, 0.6) is 0 Å². The maximum absolute atomic E-state index is 13.3. The lowest BCUT2D eigenvalue weighted by Gasteiger charge is -2.03. The van der Waals surface area contributed by atoms with E-state index in [-0.39, 0.29) is 5.82 Å². The third-order valence-corrected chi connectivity index (χ3v) is 4.20. The third-order valence-electron chi connectivity index (χ3n) is 3.16. The maximum Gasteiger partial charge on any atom is 0.237 e. The van der Waals surface area contributed by atoms with Gasteiger partial charge in [-0.05, 0) is 23.8 Å². The summed E-state index contributed by atoms with van der Waals surface area (Å²) in [7, 11) is -3.55. The maximum atomic E-state index is 13.3. The lowest BCUT2D eigenvalue weighted by molar-refractivity contribution is 0.594. The topological polar surface area (TPSA) is 52.0 Å². The first kappa shape index (κ1) is 14.5.